The van der Waals surface area contributed by atoms with Gasteiger partial charge in [-0.1, -0.05) is 35.9 Å². The Morgan fingerprint density at radius 2 is 1.94 bits per heavy atom. The molecule has 0 bridgehead atoms. The van der Waals surface area contributed by atoms with E-state index in [-0.39, 0.29) is 10.4 Å². The third-order valence-corrected chi connectivity index (χ3v) is 3.89. The highest BCUT2D eigenvalue weighted by atomic mass is 79.9. The number of aromatic nitrogens is 2. The van der Waals surface area contributed by atoms with Crippen molar-refractivity contribution >= 4 is 67.7 Å². The zero-order valence-electron chi connectivity index (χ0n) is 7.77. The summed E-state index contributed by atoms with van der Waals surface area (Å²) in [5.41, 5.74) is 1.37. The van der Waals surface area contributed by atoms with Crippen molar-refractivity contribution in [3.63, 3.8) is 0 Å². The van der Waals surface area contributed by atoms with Crippen molar-refractivity contribution in [1.82, 2.24) is 9.97 Å². The van der Waals surface area contributed by atoms with Gasteiger partial charge in [0.05, 0.1) is 10.5 Å². The zero-order chi connectivity index (χ0) is 11.9. The van der Waals surface area contributed by atoms with Crippen LogP contribution in [0.15, 0.2) is 17.1 Å². The van der Waals surface area contributed by atoms with Gasteiger partial charge in [0.25, 0.3) is 0 Å². The quantitative estimate of drug-likeness (QED) is 0.540. The van der Waals surface area contributed by atoms with Gasteiger partial charge in [0, 0.05) is 15.4 Å². The first-order valence-corrected chi connectivity index (χ1v) is 6.10. The molecule has 0 spiro atoms. The molecule has 2 aromatic rings. The van der Waals surface area contributed by atoms with Crippen LogP contribution in [0.4, 0.5) is 0 Å². The van der Waals surface area contributed by atoms with Gasteiger partial charge in [0.2, 0.25) is 5.28 Å². The van der Waals surface area contributed by atoms with Crippen LogP contribution in [0.25, 0.3) is 17.0 Å². The highest BCUT2D eigenvalue weighted by molar-refractivity contribution is 9.10. The fourth-order valence-electron chi connectivity index (χ4n) is 1.36. The molecule has 0 N–H and O–H groups in total. The third kappa shape index (κ3) is 1.93. The number of benzene rings is 1. The van der Waals surface area contributed by atoms with Crippen molar-refractivity contribution in [3.05, 3.63) is 38.1 Å². The van der Waals surface area contributed by atoms with E-state index in [2.05, 4.69) is 32.5 Å². The van der Waals surface area contributed by atoms with Gasteiger partial charge >= 0.3 is 0 Å². The molecule has 0 radical (unpaired) electrons. The predicted molar refractivity (Wildman–Crippen MR) is 72.4 cm³/mol. The maximum absolute atomic E-state index is 6.04. The van der Waals surface area contributed by atoms with E-state index in [4.69, 9.17) is 34.8 Å². The molecule has 0 atom stereocenters. The smallest absolute Gasteiger partial charge is 0.217 e. The van der Waals surface area contributed by atoms with Crippen LogP contribution in [0.2, 0.25) is 15.5 Å². The lowest BCUT2D eigenvalue weighted by atomic mass is 10.1. The number of halogens is 4. The Kier molecular flexibility index (Phi) is 3.40. The second kappa shape index (κ2) is 4.49. The van der Waals surface area contributed by atoms with Gasteiger partial charge in [-0.2, -0.15) is 0 Å². The van der Waals surface area contributed by atoms with Crippen LogP contribution < -0.4 is 0 Å². The maximum Gasteiger partial charge on any atom is 0.224 e. The summed E-state index contributed by atoms with van der Waals surface area (Å²) in [5, 5.41) is 1.53. The molecule has 0 fully saturated rings. The largest absolute Gasteiger partial charge is 0.224 e. The number of nitrogens with zero attached hydrogens (tertiary/aromatic N) is 2. The van der Waals surface area contributed by atoms with Crippen LogP contribution in [-0.4, -0.2) is 9.97 Å². The summed E-state index contributed by atoms with van der Waals surface area (Å²) in [7, 11) is 0. The van der Waals surface area contributed by atoms with Gasteiger partial charge in [0.1, 0.15) is 5.15 Å². The summed E-state index contributed by atoms with van der Waals surface area (Å²) in [4.78, 5) is 7.98. The summed E-state index contributed by atoms with van der Waals surface area (Å²) in [6, 6.07) is 1.69. The van der Waals surface area contributed by atoms with E-state index in [1.54, 1.807) is 12.1 Å². The van der Waals surface area contributed by atoms with E-state index in [0.717, 1.165) is 5.56 Å². The summed E-state index contributed by atoms with van der Waals surface area (Å²) < 4.78 is 0.711. The zero-order valence-corrected chi connectivity index (χ0v) is 11.6. The Balaban J connectivity index is 3.02. The molecular weight excluding hydrogens is 334 g/mol. The van der Waals surface area contributed by atoms with Gasteiger partial charge < -0.3 is 0 Å². The second-order valence-electron chi connectivity index (χ2n) is 2.97. The molecule has 0 amide bonds. The minimum absolute atomic E-state index is 0.0924. The number of rotatable bonds is 1. The summed E-state index contributed by atoms with van der Waals surface area (Å²) >= 11 is 21.1. The molecule has 82 valence electrons. The molecule has 16 heavy (non-hydrogen) atoms. The normalized spacial score (nSPS) is 10.8. The summed E-state index contributed by atoms with van der Waals surface area (Å²) in [6.45, 7) is 3.71. The van der Waals surface area contributed by atoms with Gasteiger partial charge in [-0.05, 0) is 33.6 Å². The van der Waals surface area contributed by atoms with Crippen LogP contribution >= 0.6 is 50.7 Å². The Hall–Kier alpha value is -0.350. The van der Waals surface area contributed by atoms with E-state index in [1.165, 1.54) is 0 Å². The Bertz CT molecular complexity index is 598. The first-order chi connectivity index (χ1) is 7.54. The van der Waals surface area contributed by atoms with Crippen LogP contribution in [-0.2, 0) is 0 Å². The molecule has 0 saturated carbocycles. The first-order valence-electron chi connectivity index (χ1n) is 4.17. The van der Waals surface area contributed by atoms with E-state index < -0.39 is 0 Å². The van der Waals surface area contributed by atoms with E-state index in [1.807, 2.05) is 0 Å². The predicted octanol–water partition coefficient (Wildman–Crippen LogP) is 5.00. The monoisotopic (exact) mass is 336 g/mol. The van der Waals surface area contributed by atoms with Crippen LogP contribution in [0.5, 0.6) is 0 Å². The Labute approximate surface area is 115 Å². The maximum atomic E-state index is 6.04. The van der Waals surface area contributed by atoms with E-state index in [0.29, 0.717) is 20.4 Å². The van der Waals surface area contributed by atoms with E-state index >= 15 is 0 Å². The lowest BCUT2D eigenvalue weighted by Crippen LogP contribution is -1.91. The summed E-state index contributed by atoms with van der Waals surface area (Å²) in [6.07, 6.45) is 1.64. The van der Waals surface area contributed by atoms with Crippen molar-refractivity contribution in [3.8, 4) is 0 Å². The molecule has 0 aliphatic rings. The van der Waals surface area contributed by atoms with Crippen molar-refractivity contribution < 1.29 is 0 Å². The van der Waals surface area contributed by atoms with Crippen LogP contribution in [0.3, 0.4) is 0 Å². The van der Waals surface area contributed by atoms with Crippen molar-refractivity contribution in [2.24, 2.45) is 0 Å². The molecule has 0 aliphatic heterocycles. The third-order valence-electron chi connectivity index (χ3n) is 2.05. The fraction of sp³-hybridized carbons (Fsp3) is 0. The van der Waals surface area contributed by atoms with Gasteiger partial charge in [-0.25, -0.2) is 9.97 Å². The van der Waals surface area contributed by atoms with Gasteiger partial charge in [-0.3, -0.25) is 0 Å². The van der Waals surface area contributed by atoms with Crippen molar-refractivity contribution in [2.45, 2.75) is 0 Å². The molecule has 0 saturated heterocycles. The van der Waals surface area contributed by atoms with E-state index in [9.17, 15) is 0 Å². The molecule has 2 rings (SSSR count). The molecule has 1 aromatic carbocycles. The highest BCUT2D eigenvalue weighted by Crippen LogP contribution is 2.35. The Morgan fingerprint density at radius 1 is 1.25 bits per heavy atom. The number of hydrogen-bond acceptors (Lipinski definition) is 2. The highest BCUT2D eigenvalue weighted by Gasteiger charge is 2.13. The average Bonchev–Trinajstić information content (AvgIpc) is 2.22. The molecule has 2 nitrogen and oxygen atoms in total. The molecule has 0 unspecified atom stereocenters. The first kappa shape index (κ1) is 12.1. The molecular formula is C10H4BrCl3N2. The minimum Gasteiger partial charge on any atom is -0.217 e. The number of hydrogen-bond donors (Lipinski definition) is 0. The molecule has 6 heteroatoms. The second-order valence-corrected chi connectivity index (χ2v) is 4.87. The minimum atomic E-state index is 0.0924. The van der Waals surface area contributed by atoms with Crippen LogP contribution in [0, 0.1) is 0 Å². The van der Waals surface area contributed by atoms with Gasteiger partial charge in [-0.15, -0.1) is 0 Å². The summed E-state index contributed by atoms with van der Waals surface area (Å²) in [5.74, 6) is 0. The molecule has 0 aliphatic carbocycles. The van der Waals surface area contributed by atoms with Crippen LogP contribution in [0.1, 0.15) is 5.56 Å². The Morgan fingerprint density at radius 3 is 2.56 bits per heavy atom. The lowest BCUT2D eigenvalue weighted by Gasteiger charge is -2.07. The molecule has 1 heterocycles. The number of fused-ring (bicyclic) bond motifs is 1. The standard InChI is InChI=1S/C10H4BrCl3N2/c1-2-4-7(11)6(12)3-5-8(4)15-10(14)16-9(5)13/h2-3H,1H2. The fourth-order valence-corrected chi connectivity index (χ4v) is 2.47. The topological polar surface area (TPSA) is 25.8 Å². The van der Waals surface area contributed by atoms with Crippen molar-refractivity contribution in [1.29, 1.82) is 0 Å². The van der Waals surface area contributed by atoms with Crippen molar-refractivity contribution in [2.75, 3.05) is 0 Å². The van der Waals surface area contributed by atoms with Gasteiger partial charge in [0.15, 0.2) is 0 Å². The lowest BCUT2D eigenvalue weighted by molar-refractivity contribution is 1.22. The SMILES string of the molecule is C=Cc1c(Br)c(Cl)cc2c(Cl)nc(Cl)nc12. The molecule has 1 aromatic heterocycles. The average molecular weight is 338 g/mol.